The quantitative estimate of drug-likeness (QED) is 0.0255. The maximum atomic E-state index is 15.0. The van der Waals surface area contributed by atoms with E-state index in [9.17, 15) is 51.5 Å². The molecule has 0 saturated carbocycles. The van der Waals surface area contributed by atoms with Gasteiger partial charge in [-0.2, -0.15) is 8.78 Å². The Kier molecular flexibility index (Phi) is 17.5. The number of primary amides is 1. The van der Waals surface area contributed by atoms with E-state index in [1.54, 1.807) is 30.3 Å². The molecule has 3 fully saturated rings. The summed E-state index contributed by atoms with van der Waals surface area (Å²) in [5, 5.41) is 8.61. The molecule has 3 saturated heterocycles. The van der Waals surface area contributed by atoms with Crippen molar-refractivity contribution in [3.05, 3.63) is 111 Å². The number of carbonyl (C=O) groups excluding carboxylic acids is 8. The van der Waals surface area contributed by atoms with E-state index in [4.69, 9.17) is 15.5 Å². The molecule has 5 aromatic rings. The van der Waals surface area contributed by atoms with Gasteiger partial charge in [0, 0.05) is 78.9 Å². The predicted molar refractivity (Wildman–Crippen MR) is 284 cm³/mol. The van der Waals surface area contributed by atoms with Crippen LogP contribution in [0.4, 0.5) is 13.2 Å². The summed E-state index contributed by atoms with van der Waals surface area (Å²) < 4.78 is 48.6. The number of aromatic nitrogens is 1. The van der Waals surface area contributed by atoms with Crippen molar-refractivity contribution in [1.29, 1.82) is 0 Å². The van der Waals surface area contributed by atoms with Gasteiger partial charge in [0.2, 0.25) is 35.4 Å². The van der Waals surface area contributed by atoms with Crippen molar-refractivity contribution in [2.75, 3.05) is 13.1 Å². The Bertz CT molecular complexity index is 3290. The lowest BCUT2D eigenvalue weighted by molar-refractivity contribution is -0.189. The summed E-state index contributed by atoms with van der Waals surface area (Å²) in [6.07, 6.45) is 0.925. The Morgan fingerprint density at radius 1 is 0.949 bits per heavy atom. The van der Waals surface area contributed by atoms with Gasteiger partial charge < -0.3 is 40.9 Å². The minimum Gasteiger partial charge on any atom is -0.370 e. The summed E-state index contributed by atoms with van der Waals surface area (Å²) in [6, 6.07) is 11.5. The highest BCUT2D eigenvalue weighted by Crippen LogP contribution is 2.43. The first-order valence-electron chi connectivity index (χ1n) is 25.6. The predicted octanol–water partition coefficient (Wildman–Crippen LogP) is 6.02. The Balaban J connectivity index is 0.879. The van der Waals surface area contributed by atoms with Crippen LogP contribution >= 0.6 is 31.3 Å². The first-order chi connectivity index (χ1) is 37.8. The van der Waals surface area contributed by atoms with Crippen LogP contribution in [0, 0.1) is 17.7 Å². The molecule has 8 amide bonds. The molecular formula is C54H54F3N8O11PS2. The minimum atomic E-state index is -4.07. The topological polar surface area (TPSA) is 271 Å². The lowest BCUT2D eigenvalue weighted by Gasteiger charge is -2.39. The molecule has 1 unspecified atom stereocenters. The van der Waals surface area contributed by atoms with Crippen LogP contribution in [0.5, 0.6) is 0 Å². The van der Waals surface area contributed by atoms with Crippen molar-refractivity contribution in [1.82, 2.24) is 35.6 Å². The number of amides is 8. The monoisotopic (exact) mass is 1140 g/mol. The van der Waals surface area contributed by atoms with E-state index < -0.39 is 85.8 Å². The van der Waals surface area contributed by atoms with Gasteiger partial charge in [-0.15, -0.1) is 22.7 Å². The van der Waals surface area contributed by atoms with Crippen LogP contribution < -0.4 is 21.7 Å². The highest BCUT2D eigenvalue weighted by Gasteiger charge is 2.46. The van der Waals surface area contributed by atoms with E-state index in [0.29, 0.717) is 75.4 Å². The van der Waals surface area contributed by atoms with E-state index in [1.807, 2.05) is 6.07 Å². The standard InChI is InChI=1S/C54H54F3N8O11PS2/c55-37-13-7-6-11-35(37)44-27-59-51(79-44)38(17-21-45(58)66)60-49(70)41-18-16-33-23-24-63(29-39(53(73)65(33)41)61-50(71)43-26-31-25-32(15-20-42(31)78-43)54(56,57)76-77(74)75)47(68)14-5-3-1-2-4-9-30-10-8-12-34-36(30)28-64(52(34)72)40-19-22-46(67)62-48(40)69/h6-8,10-13,15,20,25-27,33,38-41,74-75H,1-3,5,14,16-19,21-24,28-29H2,(H2,58,66)(H,60,70)(H,61,71)(H,62,67,69)/t33-,38+,39+,40?,41+/m1/s1. The van der Waals surface area contributed by atoms with Crippen LogP contribution in [0.15, 0.2) is 72.9 Å². The lowest BCUT2D eigenvalue weighted by Crippen LogP contribution is -2.61. The van der Waals surface area contributed by atoms with Crippen LogP contribution in [0.25, 0.3) is 20.5 Å². The fourth-order valence-electron chi connectivity index (χ4n) is 10.4. The fraction of sp³-hybridized carbons (Fsp3) is 0.389. The molecule has 6 heterocycles. The van der Waals surface area contributed by atoms with E-state index in [0.717, 1.165) is 34.8 Å². The largest absolute Gasteiger partial charge is 0.389 e. The van der Waals surface area contributed by atoms with E-state index >= 15 is 0 Å². The van der Waals surface area contributed by atoms with Crippen molar-refractivity contribution in [3.8, 4) is 22.3 Å². The van der Waals surface area contributed by atoms with E-state index in [-0.39, 0.29) is 86.1 Å². The van der Waals surface area contributed by atoms with Gasteiger partial charge in [0.1, 0.15) is 29.0 Å². The van der Waals surface area contributed by atoms with Crippen LogP contribution in [0.3, 0.4) is 0 Å². The molecule has 0 bridgehead atoms. The Morgan fingerprint density at radius 2 is 1.75 bits per heavy atom. The Labute approximate surface area is 460 Å². The number of unbranched alkanes of at least 4 members (excludes halogenated alkanes) is 3. The number of nitrogens with one attached hydrogen (secondary N) is 3. The molecular weight excluding hydrogens is 1090 g/mol. The number of thiophene rings is 1. The smallest absolute Gasteiger partial charge is 0.370 e. The molecule has 0 spiro atoms. The molecule has 0 radical (unpaired) electrons. The third-order valence-electron chi connectivity index (χ3n) is 14.4. The van der Waals surface area contributed by atoms with Crippen molar-refractivity contribution in [2.45, 2.75) is 120 Å². The third kappa shape index (κ3) is 13.0. The molecule has 5 atom stereocenters. The lowest BCUT2D eigenvalue weighted by atomic mass is 10.0. The van der Waals surface area contributed by atoms with Gasteiger partial charge in [0.15, 0.2) is 0 Å². The van der Waals surface area contributed by atoms with Crippen LogP contribution in [0.2, 0.25) is 0 Å². The maximum Gasteiger partial charge on any atom is 0.389 e. The second-order valence-electron chi connectivity index (χ2n) is 19.6. The first-order valence-corrected chi connectivity index (χ1v) is 28.4. The normalized spacial score (nSPS) is 19.8. The molecule has 9 rings (SSSR count). The highest BCUT2D eigenvalue weighted by atomic mass is 32.1. The van der Waals surface area contributed by atoms with Gasteiger partial charge in [-0.05, 0) is 98.4 Å². The molecule has 4 aliphatic rings. The summed E-state index contributed by atoms with van der Waals surface area (Å²) >= 11 is 2.07. The van der Waals surface area contributed by atoms with Gasteiger partial charge >= 0.3 is 14.7 Å². The van der Waals surface area contributed by atoms with E-state index in [1.165, 1.54) is 39.1 Å². The Morgan fingerprint density at radius 3 is 2.52 bits per heavy atom. The first kappa shape index (κ1) is 56.6. The zero-order valence-electron chi connectivity index (χ0n) is 42.3. The minimum absolute atomic E-state index is 0.0286. The SMILES string of the molecule is NC(=O)CC[C@H](NC(=O)[C@@H]1CC[C@@H]2CCN(C(=O)CCCCCC#Cc3cccc4c3CN(C3CCC(=O)NC3=O)C4=O)C[C@H](NC(=O)c3cc4cc(C(F)(F)OP(O)O)ccc4s3)C(=O)N21)c1ncc(-c2ccccc2F)s1. The van der Waals surface area contributed by atoms with Crippen LogP contribution in [-0.4, -0.2) is 114 Å². The van der Waals surface area contributed by atoms with Crippen LogP contribution in [-0.2, 0) is 45.9 Å². The Hall–Kier alpha value is -7.13. The van der Waals surface area contributed by atoms with Crippen molar-refractivity contribution in [2.24, 2.45) is 5.73 Å². The average Bonchev–Trinajstić information content (AvgIpc) is 4.26. The molecule has 25 heteroatoms. The number of carbonyl (C=O) groups is 8. The number of fused-ring (bicyclic) bond motifs is 3. The molecule has 4 aliphatic heterocycles. The molecule has 7 N–H and O–H groups in total. The zero-order valence-corrected chi connectivity index (χ0v) is 44.8. The fourth-order valence-corrected chi connectivity index (χ4v) is 12.7. The van der Waals surface area contributed by atoms with Gasteiger partial charge in [-0.3, -0.25) is 43.7 Å². The van der Waals surface area contributed by atoms with Gasteiger partial charge in [0.05, 0.1) is 21.4 Å². The third-order valence-corrected chi connectivity index (χ3v) is 17.0. The molecule has 3 aromatic carbocycles. The number of benzene rings is 3. The molecule has 19 nitrogen and oxygen atoms in total. The number of rotatable bonds is 18. The zero-order chi connectivity index (χ0) is 56.1. The summed E-state index contributed by atoms with van der Waals surface area (Å²) in [5.41, 5.74) is 6.94. The summed E-state index contributed by atoms with van der Waals surface area (Å²) in [6.45, 7) is 0.103. The van der Waals surface area contributed by atoms with Crippen molar-refractivity contribution < 1.29 is 65.8 Å². The van der Waals surface area contributed by atoms with E-state index in [2.05, 4.69) is 37.3 Å². The summed E-state index contributed by atoms with van der Waals surface area (Å²) in [4.78, 5) is 135. The number of nitrogens with two attached hydrogens (primary N) is 1. The van der Waals surface area contributed by atoms with Gasteiger partial charge in [-0.25, -0.2) is 13.9 Å². The number of thiazole rings is 1. The number of alkyl halides is 2. The number of nitrogens with zero attached hydrogens (tertiary/aromatic N) is 4. The molecule has 79 heavy (non-hydrogen) atoms. The average molecular weight is 1140 g/mol. The number of imide groups is 1. The highest BCUT2D eigenvalue weighted by molar-refractivity contribution is 7.39. The molecule has 414 valence electrons. The molecule has 0 aliphatic carbocycles. The van der Waals surface area contributed by atoms with Gasteiger partial charge in [-0.1, -0.05) is 42.5 Å². The number of piperidine rings is 1. The van der Waals surface area contributed by atoms with Crippen molar-refractivity contribution >= 4 is 88.6 Å². The maximum absolute atomic E-state index is 15.0. The molecule has 2 aromatic heterocycles. The summed E-state index contributed by atoms with van der Waals surface area (Å²) in [5.74, 6) is 1.81. The number of hydrogen-bond acceptors (Lipinski definition) is 14. The van der Waals surface area contributed by atoms with Crippen molar-refractivity contribution in [3.63, 3.8) is 0 Å². The second-order valence-corrected chi connectivity index (χ2v) is 22.4. The summed E-state index contributed by atoms with van der Waals surface area (Å²) in [7, 11) is -3.41. The number of halogens is 3. The van der Waals surface area contributed by atoms with Crippen LogP contribution in [0.1, 0.15) is 125 Å². The number of hydrogen-bond donors (Lipinski definition) is 6. The second kappa shape index (κ2) is 24.5. The van der Waals surface area contributed by atoms with Gasteiger partial charge in [0.25, 0.3) is 11.8 Å².